The Hall–Kier alpha value is -1.77. The van der Waals surface area contributed by atoms with Crippen LogP contribution in [0.25, 0.3) is 0 Å². The highest BCUT2D eigenvalue weighted by atomic mass is 19.1. The first-order valence-electron chi connectivity index (χ1n) is 6.81. The maximum atomic E-state index is 13.6. The van der Waals surface area contributed by atoms with E-state index in [1.165, 1.54) is 12.1 Å². The Morgan fingerprint density at radius 2 is 2.32 bits per heavy atom. The molecule has 0 saturated carbocycles. The van der Waals surface area contributed by atoms with Crippen molar-refractivity contribution >= 4 is 0 Å². The first-order chi connectivity index (χ1) is 10.3. The standard InChI is InChI=1S/C14H18FNO6/c1-14(2)21-8-10(22-14)7-20-9-3-4-12(15)11(5-9)13(17)6-16(18)19/h3-5,10,13,17H,6-8H2,1-2H3/t10-,13+/m0/s1. The summed E-state index contributed by atoms with van der Waals surface area (Å²) in [6, 6.07) is 3.74. The number of hydrogen-bond donors (Lipinski definition) is 1. The first kappa shape index (κ1) is 16.6. The van der Waals surface area contributed by atoms with E-state index < -0.39 is 29.2 Å². The molecule has 1 aliphatic heterocycles. The summed E-state index contributed by atoms with van der Waals surface area (Å²) < 4.78 is 30.1. The molecule has 2 rings (SSSR count). The van der Waals surface area contributed by atoms with Gasteiger partial charge in [0, 0.05) is 10.5 Å². The molecule has 0 bridgehead atoms. The molecule has 0 aliphatic carbocycles. The Morgan fingerprint density at radius 3 is 2.91 bits per heavy atom. The van der Waals surface area contributed by atoms with Gasteiger partial charge in [-0.3, -0.25) is 10.1 Å². The summed E-state index contributed by atoms with van der Waals surface area (Å²) in [4.78, 5) is 9.70. The molecular weight excluding hydrogens is 297 g/mol. The Kier molecular flexibility index (Phi) is 4.94. The fourth-order valence-electron chi connectivity index (χ4n) is 2.14. The molecule has 1 aliphatic rings. The number of rotatable bonds is 6. The first-order valence-corrected chi connectivity index (χ1v) is 6.81. The zero-order valence-corrected chi connectivity index (χ0v) is 12.3. The summed E-state index contributed by atoms with van der Waals surface area (Å²) in [5.41, 5.74) is -0.168. The van der Waals surface area contributed by atoms with E-state index in [2.05, 4.69) is 0 Å². The molecule has 0 spiro atoms. The molecule has 1 saturated heterocycles. The van der Waals surface area contributed by atoms with Crippen LogP contribution in [0.3, 0.4) is 0 Å². The lowest BCUT2D eigenvalue weighted by molar-refractivity contribution is -0.491. The van der Waals surface area contributed by atoms with Crippen molar-refractivity contribution in [2.45, 2.75) is 31.8 Å². The quantitative estimate of drug-likeness (QED) is 0.634. The summed E-state index contributed by atoms with van der Waals surface area (Å²) in [5.74, 6) is -1.08. The third-order valence-electron chi connectivity index (χ3n) is 3.15. The van der Waals surface area contributed by atoms with Crippen molar-refractivity contribution in [1.29, 1.82) is 0 Å². The van der Waals surface area contributed by atoms with Crippen LogP contribution in [0.1, 0.15) is 25.5 Å². The van der Waals surface area contributed by atoms with Crippen LogP contribution in [0.4, 0.5) is 4.39 Å². The second kappa shape index (κ2) is 6.55. The van der Waals surface area contributed by atoms with Crippen LogP contribution < -0.4 is 4.74 Å². The molecule has 0 amide bonds. The number of nitrogens with zero attached hydrogens (tertiary/aromatic N) is 1. The minimum atomic E-state index is -1.52. The molecule has 1 heterocycles. The van der Waals surface area contributed by atoms with Gasteiger partial charge in [0.25, 0.3) is 0 Å². The Morgan fingerprint density at radius 1 is 1.59 bits per heavy atom. The van der Waals surface area contributed by atoms with E-state index >= 15 is 0 Å². The van der Waals surface area contributed by atoms with Crippen LogP contribution in [0, 0.1) is 15.9 Å². The van der Waals surface area contributed by atoms with Crippen LogP contribution in [-0.2, 0) is 9.47 Å². The predicted molar refractivity (Wildman–Crippen MR) is 73.6 cm³/mol. The molecule has 0 unspecified atom stereocenters. The molecule has 1 fully saturated rings. The van der Waals surface area contributed by atoms with Gasteiger partial charge in [-0.15, -0.1) is 0 Å². The average Bonchev–Trinajstić information content (AvgIpc) is 2.76. The van der Waals surface area contributed by atoms with Gasteiger partial charge >= 0.3 is 0 Å². The normalized spacial score (nSPS) is 21.5. The van der Waals surface area contributed by atoms with E-state index in [4.69, 9.17) is 14.2 Å². The minimum absolute atomic E-state index is 0.168. The number of hydrogen-bond acceptors (Lipinski definition) is 6. The third kappa shape index (κ3) is 4.36. The van der Waals surface area contributed by atoms with Gasteiger partial charge < -0.3 is 19.3 Å². The zero-order valence-electron chi connectivity index (χ0n) is 12.3. The molecule has 7 nitrogen and oxygen atoms in total. The van der Waals surface area contributed by atoms with E-state index in [9.17, 15) is 19.6 Å². The van der Waals surface area contributed by atoms with Crippen molar-refractivity contribution in [3.8, 4) is 5.75 Å². The lowest BCUT2D eigenvalue weighted by atomic mass is 10.1. The van der Waals surface area contributed by atoms with Crippen LogP contribution in [0.2, 0.25) is 0 Å². The smallest absolute Gasteiger partial charge is 0.233 e. The maximum absolute atomic E-state index is 13.6. The maximum Gasteiger partial charge on any atom is 0.233 e. The summed E-state index contributed by atoms with van der Waals surface area (Å²) in [5, 5.41) is 20.1. The second-order valence-corrected chi connectivity index (χ2v) is 5.48. The van der Waals surface area contributed by atoms with Crippen LogP contribution in [0.5, 0.6) is 5.75 Å². The average molecular weight is 315 g/mol. The van der Waals surface area contributed by atoms with Gasteiger partial charge in [0.15, 0.2) is 5.79 Å². The molecule has 0 radical (unpaired) electrons. The van der Waals surface area contributed by atoms with E-state index in [1.807, 2.05) is 0 Å². The van der Waals surface area contributed by atoms with Crippen LogP contribution >= 0.6 is 0 Å². The number of ether oxygens (including phenoxy) is 3. The second-order valence-electron chi connectivity index (χ2n) is 5.48. The van der Waals surface area contributed by atoms with Crippen molar-refractivity contribution in [1.82, 2.24) is 0 Å². The molecule has 2 atom stereocenters. The topological polar surface area (TPSA) is 91.1 Å². The molecule has 1 N–H and O–H groups in total. The molecule has 1 aromatic rings. The van der Waals surface area contributed by atoms with Crippen molar-refractivity contribution in [3.05, 3.63) is 39.7 Å². The van der Waals surface area contributed by atoms with E-state index in [1.54, 1.807) is 13.8 Å². The van der Waals surface area contributed by atoms with Crippen LogP contribution in [0.15, 0.2) is 18.2 Å². The molecule has 1 aromatic carbocycles. The molecule has 22 heavy (non-hydrogen) atoms. The van der Waals surface area contributed by atoms with Crippen molar-refractivity contribution < 1.29 is 28.6 Å². The third-order valence-corrected chi connectivity index (χ3v) is 3.15. The molecule has 8 heteroatoms. The van der Waals surface area contributed by atoms with Gasteiger partial charge in [0.2, 0.25) is 6.54 Å². The van der Waals surface area contributed by atoms with Gasteiger partial charge in [-0.05, 0) is 32.0 Å². The van der Waals surface area contributed by atoms with E-state index in [-0.39, 0.29) is 18.3 Å². The predicted octanol–water partition coefficient (Wildman–Crippen LogP) is 1.67. The molecular formula is C14H18FNO6. The van der Waals surface area contributed by atoms with Gasteiger partial charge in [0.05, 0.1) is 6.61 Å². The van der Waals surface area contributed by atoms with Gasteiger partial charge in [-0.25, -0.2) is 4.39 Å². The number of nitro groups is 1. The number of halogens is 1. The van der Waals surface area contributed by atoms with Crippen molar-refractivity contribution in [2.75, 3.05) is 19.8 Å². The molecule has 0 aromatic heterocycles. The molecule has 122 valence electrons. The lowest BCUT2D eigenvalue weighted by Crippen LogP contribution is -2.25. The summed E-state index contributed by atoms with van der Waals surface area (Å²) >= 11 is 0. The van der Waals surface area contributed by atoms with E-state index in [0.29, 0.717) is 12.4 Å². The summed E-state index contributed by atoms with van der Waals surface area (Å²) in [6.45, 7) is 3.38. The van der Waals surface area contributed by atoms with E-state index in [0.717, 1.165) is 6.07 Å². The number of benzene rings is 1. The highest BCUT2D eigenvalue weighted by Crippen LogP contribution is 2.25. The highest BCUT2D eigenvalue weighted by Gasteiger charge is 2.33. The number of aliphatic hydroxyl groups excluding tert-OH is 1. The Bertz CT molecular complexity index is 550. The zero-order chi connectivity index (χ0) is 16.3. The summed E-state index contributed by atoms with van der Waals surface area (Å²) in [7, 11) is 0. The highest BCUT2D eigenvalue weighted by molar-refractivity contribution is 5.31. The van der Waals surface area contributed by atoms with Gasteiger partial charge in [0.1, 0.15) is 30.4 Å². The largest absolute Gasteiger partial charge is 0.491 e. The Balaban J connectivity index is 1.99. The van der Waals surface area contributed by atoms with Gasteiger partial charge in [-0.1, -0.05) is 0 Å². The van der Waals surface area contributed by atoms with Crippen molar-refractivity contribution in [3.63, 3.8) is 0 Å². The minimum Gasteiger partial charge on any atom is -0.491 e. The Labute approximate surface area is 126 Å². The van der Waals surface area contributed by atoms with Gasteiger partial charge in [-0.2, -0.15) is 0 Å². The fraction of sp³-hybridized carbons (Fsp3) is 0.571. The summed E-state index contributed by atoms with van der Waals surface area (Å²) in [6.07, 6.45) is -1.78. The van der Waals surface area contributed by atoms with Crippen molar-refractivity contribution in [2.24, 2.45) is 0 Å². The monoisotopic (exact) mass is 315 g/mol. The van der Waals surface area contributed by atoms with Crippen LogP contribution in [-0.4, -0.2) is 41.7 Å². The SMILES string of the molecule is CC1(C)OC[C@H](COc2ccc(F)c([C@H](O)C[N+](=O)[O-])c2)O1. The fourth-order valence-corrected chi connectivity index (χ4v) is 2.14. The number of aliphatic hydroxyl groups is 1. The lowest BCUT2D eigenvalue weighted by Gasteiger charge is -2.17.